The van der Waals surface area contributed by atoms with E-state index in [0.29, 0.717) is 5.56 Å². The topological polar surface area (TPSA) is 115 Å². The SMILES string of the molecule is CCOC(=O)c1c(P(=O)(OC)c2cc(C)cc(C#N)c2)c2cc(Cl)ccc2n1S(=O)(=O)c1ccccc1. The smallest absolute Gasteiger partial charge is 0.356 e. The maximum absolute atomic E-state index is 14.7. The van der Waals surface area contributed by atoms with Gasteiger partial charge in [0.05, 0.1) is 34.0 Å². The quantitative estimate of drug-likeness (QED) is 0.238. The van der Waals surface area contributed by atoms with Gasteiger partial charge in [-0.25, -0.2) is 17.2 Å². The van der Waals surface area contributed by atoms with Crippen molar-refractivity contribution in [3.05, 3.63) is 88.6 Å². The lowest BCUT2D eigenvalue weighted by atomic mass is 10.2. The van der Waals surface area contributed by atoms with Crippen LogP contribution in [0.3, 0.4) is 0 Å². The Morgan fingerprint density at radius 2 is 1.81 bits per heavy atom. The van der Waals surface area contributed by atoms with E-state index in [4.69, 9.17) is 20.9 Å². The molecular formula is C26H22ClN2O6PS. The standard InChI is InChI=1S/C26H22ClN2O6PS/c1-4-35-26(30)24-25(36(31,34-3)20-13-17(2)12-18(14-20)16-28)22-15-19(27)10-11-23(22)29(24)37(32,33)21-8-6-5-7-9-21/h5-15H,4H2,1-3H3. The third kappa shape index (κ3) is 4.58. The molecule has 190 valence electrons. The van der Waals surface area contributed by atoms with Crippen LogP contribution in [0.1, 0.15) is 28.5 Å². The van der Waals surface area contributed by atoms with Gasteiger partial charge in [0, 0.05) is 22.8 Å². The Morgan fingerprint density at radius 3 is 2.43 bits per heavy atom. The average Bonchev–Trinajstić information content (AvgIpc) is 3.24. The van der Waals surface area contributed by atoms with Gasteiger partial charge in [0.15, 0.2) is 5.69 Å². The van der Waals surface area contributed by atoms with Gasteiger partial charge in [-0.1, -0.05) is 29.8 Å². The Labute approximate surface area is 219 Å². The van der Waals surface area contributed by atoms with Crippen LogP contribution in [0.4, 0.5) is 0 Å². The third-order valence-corrected chi connectivity index (χ3v) is 10.1. The minimum absolute atomic E-state index is 0.0632. The molecule has 8 nitrogen and oxygen atoms in total. The fourth-order valence-electron chi connectivity index (χ4n) is 4.17. The predicted octanol–water partition coefficient (Wildman–Crippen LogP) is 4.76. The van der Waals surface area contributed by atoms with Crippen molar-refractivity contribution < 1.29 is 27.0 Å². The molecule has 0 amide bonds. The Balaban J connectivity index is 2.23. The van der Waals surface area contributed by atoms with Gasteiger partial charge in [-0.3, -0.25) is 4.57 Å². The molecule has 0 bridgehead atoms. The molecule has 0 aliphatic heterocycles. The summed E-state index contributed by atoms with van der Waals surface area (Å²) in [5, 5.41) is 9.80. The van der Waals surface area contributed by atoms with Crippen LogP contribution in [0, 0.1) is 18.3 Å². The maximum Gasteiger partial charge on any atom is 0.356 e. The molecule has 0 saturated heterocycles. The number of aromatic nitrogens is 1. The van der Waals surface area contributed by atoms with Crippen LogP contribution >= 0.6 is 19.0 Å². The number of ether oxygens (including phenoxy) is 1. The van der Waals surface area contributed by atoms with E-state index in [0.717, 1.165) is 3.97 Å². The number of carbonyl (C=O) groups is 1. The number of nitriles is 1. The van der Waals surface area contributed by atoms with Crippen LogP contribution in [0.15, 0.2) is 71.6 Å². The minimum Gasteiger partial charge on any atom is -0.461 e. The number of rotatable bonds is 7. The Hall–Kier alpha value is -3.41. The summed E-state index contributed by atoms with van der Waals surface area (Å²) in [6.45, 7) is 3.23. The second kappa shape index (κ2) is 10.2. The van der Waals surface area contributed by atoms with E-state index >= 15 is 0 Å². The summed E-state index contributed by atoms with van der Waals surface area (Å²) in [5.74, 6) is -1.00. The van der Waals surface area contributed by atoms with Crippen molar-refractivity contribution in [3.63, 3.8) is 0 Å². The number of aryl methyl sites for hydroxylation is 1. The average molecular weight is 557 g/mol. The number of nitrogens with zero attached hydrogens (tertiary/aromatic N) is 2. The number of hydrogen-bond donors (Lipinski definition) is 0. The van der Waals surface area contributed by atoms with Gasteiger partial charge in [0.2, 0.25) is 0 Å². The second-order valence-corrected chi connectivity index (χ2v) is 12.7. The highest BCUT2D eigenvalue weighted by Gasteiger charge is 2.41. The molecule has 37 heavy (non-hydrogen) atoms. The van der Waals surface area contributed by atoms with Crippen LogP contribution in [0.5, 0.6) is 0 Å². The molecular weight excluding hydrogens is 535 g/mol. The number of hydrogen-bond acceptors (Lipinski definition) is 7. The summed E-state index contributed by atoms with van der Waals surface area (Å²) in [6.07, 6.45) is 0. The van der Waals surface area contributed by atoms with E-state index in [-0.39, 0.29) is 43.6 Å². The van der Waals surface area contributed by atoms with E-state index in [1.165, 1.54) is 43.5 Å². The molecule has 0 fully saturated rings. The Kier molecular flexibility index (Phi) is 7.31. The summed E-state index contributed by atoms with van der Waals surface area (Å²) >= 11 is 6.29. The zero-order chi connectivity index (χ0) is 27.0. The van der Waals surface area contributed by atoms with Gasteiger partial charge in [-0.2, -0.15) is 5.26 Å². The fourth-order valence-corrected chi connectivity index (χ4v) is 8.24. The molecule has 1 heterocycles. The number of esters is 1. The van der Waals surface area contributed by atoms with Gasteiger partial charge >= 0.3 is 5.97 Å². The molecule has 0 spiro atoms. The summed E-state index contributed by atoms with van der Waals surface area (Å²) in [5.41, 5.74) is 0.455. The van der Waals surface area contributed by atoms with Crippen LogP contribution < -0.4 is 10.6 Å². The van der Waals surface area contributed by atoms with Gasteiger partial charge < -0.3 is 9.26 Å². The van der Waals surface area contributed by atoms with Crippen molar-refractivity contribution in [2.45, 2.75) is 18.7 Å². The van der Waals surface area contributed by atoms with E-state index < -0.39 is 29.1 Å². The normalized spacial score (nSPS) is 13.2. The molecule has 0 radical (unpaired) electrons. The van der Waals surface area contributed by atoms with E-state index in [2.05, 4.69) is 0 Å². The van der Waals surface area contributed by atoms with Crippen molar-refractivity contribution >= 4 is 56.5 Å². The lowest BCUT2D eigenvalue weighted by Crippen LogP contribution is -2.28. The second-order valence-electron chi connectivity index (χ2n) is 8.06. The number of fused-ring (bicyclic) bond motifs is 1. The van der Waals surface area contributed by atoms with Crippen LogP contribution in [0.25, 0.3) is 10.9 Å². The molecule has 1 unspecified atom stereocenters. The van der Waals surface area contributed by atoms with Crippen molar-refractivity contribution in [1.82, 2.24) is 3.97 Å². The van der Waals surface area contributed by atoms with E-state index in [1.807, 2.05) is 6.07 Å². The first kappa shape index (κ1) is 26.6. The molecule has 11 heteroatoms. The lowest BCUT2D eigenvalue weighted by Gasteiger charge is -2.19. The Morgan fingerprint density at radius 1 is 1.11 bits per heavy atom. The largest absolute Gasteiger partial charge is 0.461 e. The first-order valence-corrected chi connectivity index (χ1v) is 14.5. The molecule has 0 N–H and O–H groups in total. The highest BCUT2D eigenvalue weighted by molar-refractivity contribution is 7.90. The molecule has 0 saturated carbocycles. The van der Waals surface area contributed by atoms with Crippen molar-refractivity contribution in [1.29, 1.82) is 5.26 Å². The highest BCUT2D eigenvalue weighted by Crippen LogP contribution is 2.49. The van der Waals surface area contributed by atoms with Gasteiger partial charge in [-0.05, 0) is 67.9 Å². The number of benzene rings is 3. The summed E-state index contributed by atoms with van der Waals surface area (Å²) < 4.78 is 54.3. The lowest BCUT2D eigenvalue weighted by molar-refractivity contribution is 0.0520. The molecule has 0 aliphatic rings. The van der Waals surface area contributed by atoms with Crippen LogP contribution in [0.2, 0.25) is 5.02 Å². The van der Waals surface area contributed by atoms with Gasteiger partial charge in [0.25, 0.3) is 17.4 Å². The summed E-state index contributed by atoms with van der Waals surface area (Å²) in [7, 11) is -7.37. The maximum atomic E-state index is 14.7. The van der Waals surface area contributed by atoms with Gasteiger partial charge in [-0.15, -0.1) is 0 Å². The monoisotopic (exact) mass is 556 g/mol. The molecule has 0 aliphatic carbocycles. The van der Waals surface area contributed by atoms with Crippen molar-refractivity contribution in [2.75, 3.05) is 13.7 Å². The molecule has 3 aromatic carbocycles. The molecule has 4 rings (SSSR count). The first-order valence-electron chi connectivity index (χ1n) is 11.1. The van der Waals surface area contributed by atoms with Crippen molar-refractivity contribution in [3.8, 4) is 6.07 Å². The highest BCUT2D eigenvalue weighted by atomic mass is 35.5. The predicted molar refractivity (Wildman–Crippen MR) is 142 cm³/mol. The zero-order valence-electron chi connectivity index (χ0n) is 20.1. The van der Waals surface area contributed by atoms with Crippen LogP contribution in [-0.2, 0) is 23.8 Å². The number of carbonyl (C=O) groups excluding carboxylic acids is 1. The summed E-state index contributed by atoms with van der Waals surface area (Å²) in [6, 6.07) is 18.5. The zero-order valence-corrected chi connectivity index (χ0v) is 22.6. The molecule has 4 aromatic rings. The fraction of sp³-hybridized carbons (Fsp3) is 0.154. The van der Waals surface area contributed by atoms with Crippen LogP contribution in [-0.4, -0.2) is 32.1 Å². The summed E-state index contributed by atoms with van der Waals surface area (Å²) in [4.78, 5) is 13.3. The first-order chi connectivity index (χ1) is 17.6. The molecule has 1 aromatic heterocycles. The van der Waals surface area contributed by atoms with Crippen molar-refractivity contribution in [2.24, 2.45) is 0 Å². The van der Waals surface area contributed by atoms with E-state index in [1.54, 1.807) is 44.2 Å². The minimum atomic E-state index is -4.38. The molecule has 1 atom stereocenters. The van der Waals surface area contributed by atoms with Gasteiger partial charge in [0.1, 0.15) is 0 Å². The Bertz CT molecular complexity index is 1730. The number of halogens is 1. The third-order valence-electron chi connectivity index (χ3n) is 5.69. The van der Waals surface area contributed by atoms with E-state index in [9.17, 15) is 23.0 Å².